The Hall–Kier alpha value is -2.19. The molecule has 0 bridgehead atoms. The van der Waals surface area contributed by atoms with Crippen LogP contribution in [0.5, 0.6) is 0 Å². The number of ether oxygens (including phenoxy) is 1. The summed E-state index contributed by atoms with van der Waals surface area (Å²) < 4.78 is 30.3. The minimum absolute atomic E-state index is 0.0732. The lowest BCUT2D eigenvalue weighted by Gasteiger charge is -2.21. The molecule has 148 valence electrons. The Morgan fingerprint density at radius 1 is 1.26 bits per heavy atom. The normalized spacial score (nSPS) is 13.4. The monoisotopic (exact) mass is 393 g/mol. The maximum atomic E-state index is 12.5. The van der Waals surface area contributed by atoms with Crippen molar-refractivity contribution in [1.82, 2.24) is 15.6 Å². The first kappa shape index (κ1) is 21.1. The SMILES string of the molecule is CNCS(=O)(=O)c1ccnc2c(C(C)CNC(=O)OC(C)(C)C)cccc12. The van der Waals surface area contributed by atoms with Crippen LogP contribution in [0.4, 0.5) is 4.79 Å². The van der Waals surface area contributed by atoms with Crippen LogP contribution in [0.15, 0.2) is 35.4 Å². The van der Waals surface area contributed by atoms with E-state index in [-0.39, 0.29) is 16.7 Å². The fourth-order valence-corrected chi connectivity index (χ4v) is 4.07. The minimum Gasteiger partial charge on any atom is -0.444 e. The summed E-state index contributed by atoms with van der Waals surface area (Å²) >= 11 is 0. The third-order valence-corrected chi connectivity index (χ3v) is 5.61. The van der Waals surface area contributed by atoms with Gasteiger partial charge >= 0.3 is 6.09 Å². The summed E-state index contributed by atoms with van der Waals surface area (Å²) in [6.45, 7) is 7.71. The summed E-state index contributed by atoms with van der Waals surface area (Å²) in [7, 11) is -1.87. The number of carbonyl (C=O) groups excluding carboxylic acids is 1. The lowest BCUT2D eigenvalue weighted by Crippen LogP contribution is -2.34. The highest BCUT2D eigenvalue weighted by molar-refractivity contribution is 7.91. The first-order valence-corrected chi connectivity index (χ1v) is 10.4. The van der Waals surface area contributed by atoms with Gasteiger partial charge in [-0.1, -0.05) is 25.1 Å². The van der Waals surface area contributed by atoms with Crippen molar-refractivity contribution in [3.05, 3.63) is 36.0 Å². The topological polar surface area (TPSA) is 97.4 Å². The molecule has 1 heterocycles. The van der Waals surface area contributed by atoms with Gasteiger partial charge in [0.25, 0.3) is 0 Å². The van der Waals surface area contributed by atoms with Crippen LogP contribution >= 0.6 is 0 Å². The van der Waals surface area contributed by atoms with Crippen LogP contribution < -0.4 is 10.6 Å². The average molecular weight is 394 g/mol. The Morgan fingerprint density at radius 2 is 1.96 bits per heavy atom. The number of carbonyl (C=O) groups is 1. The van der Waals surface area contributed by atoms with Gasteiger partial charge in [-0.25, -0.2) is 13.2 Å². The maximum Gasteiger partial charge on any atom is 0.407 e. The summed E-state index contributed by atoms with van der Waals surface area (Å²) in [4.78, 5) is 16.5. The molecule has 0 aliphatic heterocycles. The van der Waals surface area contributed by atoms with Crippen LogP contribution in [0.2, 0.25) is 0 Å². The molecule has 2 aromatic rings. The Morgan fingerprint density at radius 3 is 2.59 bits per heavy atom. The third-order valence-electron chi connectivity index (χ3n) is 3.91. The molecule has 2 rings (SSSR count). The van der Waals surface area contributed by atoms with Crippen LogP contribution in [0.25, 0.3) is 10.9 Å². The van der Waals surface area contributed by atoms with Gasteiger partial charge < -0.3 is 15.4 Å². The number of benzene rings is 1. The van der Waals surface area contributed by atoms with E-state index in [0.717, 1.165) is 5.56 Å². The van der Waals surface area contributed by atoms with E-state index in [1.54, 1.807) is 33.9 Å². The number of pyridine rings is 1. The van der Waals surface area contributed by atoms with Crippen molar-refractivity contribution in [1.29, 1.82) is 0 Å². The standard InChI is InChI=1S/C19H27N3O4S/c1-13(11-22-18(23)26-19(2,3)4)14-7-6-8-15-16(9-10-21-17(14)15)27(24,25)12-20-5/h6-10,13,20H,11-12H2,1-5H3,(H,22,23). The molecule has 0 fully saturated rings. The number of hydrogen-bond acceptors (Lipinski definition) is 6. The number of hydrogen-bond donors (Lipinski definition) is 2. The molecule has 0 spiro atoms. The lowest BCUT2D eigenvalue weighted by molar-refractivity contribution is 0.0525. The van der Waals surface area contributed by atoms with Gasteiger partial charge in [0.2, 0.25) is 0 Å². The van der Waals surface area contributed by atoms with Crippen LogP contribution in [-0.4, -0.2) is 44.6 Å². The maximum absolute atomic E-state index is 12.5. The number of alkyl carbamates (subject to hydrolysis) is 1. The fourth-order valence-electron chi connectivity index (χ4n) is 2.77. The molecule has 0 aliphatic carbocycles. The number of rotatable bonds is 6. The van der Waals surface area contributed by atoms with Gasteiger partial charge in [0.05, 0.1) is 10.4 Å². The average Bonchev–Trinajstić information content (AvgIpc) is 2.57. The van der Waals surface area contributed by atoms with E-state index in [2.05, 4.69) is 15.6 Å². The highest BCUT2D eigenvalue weighted by Crippen LogP contribution is 2.28. The zero-order chi connectivity index (χ0) is 20.2. The number of nitrogens with one attached hydrogen (secondary N) is 2. The van der Waals surface area contributed by atoms with Gasteiger partial charge in [-0.05, 0) is 39.4 Å². The second kappa shape index (κ2) is 8.22. The molecular weight excluding hydrogens is 366 g/mol. The highest BCUT2D eigenvalue weighted by atomic mass is 32.2. The van der Waals surface area contributed by atoms with E-state index in [1.807, 2.05) is 19.1 Å². The van der Waals surface area contributed by atoms with Gasteiger partial charge in [-0.15, -0.1) is 0 Å². The zero-order valence-electron chi connectivity index (χ0n) is 16.4. The predicted molar refractivity (Wildman–Crippen MR) is 106 cm³/mol. The molecular formula is C19H27N3O4S. The molecule has 7 nitrogen and oxygen atoms in total. The summed E-state index contributed by atoms with van der Waals surface area (Å²) in [5.41, 5.74) is 0.920. The van der Waals surface area contributed by atoms with Crippen molar-refractivity contribution >= 4 is 26.8 Å². The zero-order valence-corrected chi connectivity index (χ0v) is 17.2. The predicted octanol–water partition coefficient (Wildman–Crippen LogP) is 2.81. The van der Waals surface area contributed by atoms with Crippen LogP contribution in [0.1, 0.15) is 39.2 Å². The Labute approximate surface area is 160 Å². The van der Waals surface area contributed by atoms with Crippen molar-refractivity contribution in [2.24, 2.45) is 0 Å². The smallest absolute Gasteiger partial charge is 0.407 e. The van der Waals surface area contributed by atoms with E-state index in [0.29, 0.717) is 17.4 Å². The largest absolute Gasteiger partial charge is 0.444 e. The fraction of sp³-hybridized carbons (Fsp3) is 0.474. The highest BCUT2D eigenvalue weighted by Gasteiger charge is 2.21. The second-order valence-electron chi connectivity index (χ2n) is 7.45. The molecule has 1 amide bonds. The molecule has 8 heteroatoms. The quantitative estimate of drug-likeness (QED) is 0.783. The van der Waals surface area contributed by atoms with Gasteiger partial charge in [0, 0.05) is 24.0 Å². The van der Waals surface area contributed by atoms with Gasteiger partial charge in [-0.3, -0.25) is 4.98 Å². The number of para-hydroxylation sites is 1. The number of aromatic nitrogens is 1. The van der Waals surface area contributed by atoms with Crippen molar-refractivity contribution in [2.75, 3.05) is 19.5 Å². The van der Waals surface area contributed by atoms with Crippen LogP contribution in [0, 0.1) is 0 Å². The molecule has 0 aliphatic rings. The van der Waals surface area contributed by atoms with E-state index in [4.69, 9.17) is 4.74 Å². The Kier molecular flexibility index (Phi) is 6.43. The molecule has 0 saturated heterocycles. The Bertz CT molecular complexity index is 920. The molecule has 0 radical (unpaired) electrons. The number of amides is 1. The van der Waals surface area contributed by atoms with Gasteiger partial charge in [-0.2, -0.15) is 0 Å². The van der Waals surface area contributed by atoms with E-state index < -0.39 is 21.5 Å². The summed E-state index contributed by atoms with van der Waals surface area (Å²) in [6.07, 6.45) is 1.02. The molecule has 1 unspecified atom stereocenters. The van der Waals surface area contributed by atoms with Gasteiger partial charge in [0.15, 0.2) is 9.84 Å². The van der Waals surface area contributed by atoms with Crippen molar-refractivity contribution in [3.63, 3.8) is 0 Å². The van der Waals surface area contributed by atoms with Crippen molar-refractivity contribution in [3.8, 4) is 0 Å². The first-order valence-electron chi connectivity index (χ1n) is 8.77. The van der Waals surface area contributed by atoms with Gasteiger partial charge in [0.1, 0.15) is 11.5 Å². The Balaban J connectivity index is 2.31. The first-order chi connectivity index (χ1) is 12.5. The van der Waals surface area contributed by atoms with Crippen molar-refractivity contribution < 1.29 is 17.9 Å². The molecule has 2 N–H and O–H groups in total. The molecule has 0 saturated carbocycles. The molecule has 1 atom stereocenters. The number of nitrogens with zero attached hydrogens (tertiary/aromatic N) is 1. The second-order valence-corrected chi connectivity index (χ2v) is 9.41. The van der Waals surface area contributed by atoms with E-state index in [1.165, 1.54) is 12.3 Å². The third kappa shape index (κ3) is 5.40. The van der Waals surface area contributed by atoms with Crippen molar-refractivity contribution in [2.45, 2.75) is 44.1 Å². The molecule has 1 aromatic heterocycles. The summed E-state index contributed by atoms with van der Waals surface area (Å²) in [5.74, 6) is -0.220. The van der Waals surface area contributed by atoms with Crippen LogP contribution in [-0.2, 0) is 14.6 Å². The summed E-state index contributed by atoms with van der Waals surface area (Å²) in [5, 5.41) is 6.02. The minimum atomic E-state index is -3.47. The number of sulfone groups is 1. The number of fused-ring (bicyclic) bond motifs is 1. The van der Waals surface area contributed by atoms with E-state index in [9.17, 15) is 13.2 Å². The summed E-state index contributed by atoms with van der Waals surface area (Å²) in [6, 6.07) is 6.97. The lowest BCUT2D eigenvalue weighted by atomic mass is 9.98. The van der Waals surface area contributed by atoms with E-state index >= 15 is 0 Å². The molecule has 1 aromatic carbocycles. The van der Waals surface area contributed by atoms with Crippen LogP contribution in [0.3, 0.4) is 0 Å². The molecule has 27 heavy (non-hydrogen) atoms.